The molecule has 0 radical (unpaired) electrons. The van der Waals surface area contributed by atoms with Gasteiger partial charge in [0.05, 0.1) is 6.61 Å². The van der Waals surface area contributed by atoms with Gasteiger partial charge in [-0.1, -0.05) is 0 Å². The average Bonchev–Trinajstić information content (AvgIpc) is 3.07. The summed E-state index contributed by atoms with van der Waals surface area (Å²) >= 11 is 0. The molecule has 106 valence electrons. The van der Waals surface area contributed by atoms with Crippen LogP contribution in [0, 0.1) is 5.41 Å². The zero-order valence-electron chi connectivity index (χ0n) is 10.4. The third-order valence-electron chi connectivity index (χ3n) is 3.23. The number of rotatable bonds is 6. The van der Waals surface area contributed by atoms with Crippen LogP contribution in [0.5, 0.6) is 11.5 Å². The van der Waals surface area contributed by atoms with Crippen LogP contribution in [-0.2, 0) is 0 Å². The van der Waals surface area contributed by atoms with Crippen molar-refractivity contribution in [2.24, 2.45) is 11.1 Å². The Kier molecular flexibility index (Phi) is 3.89. The van der Waals surface area contributed by atoms with Crippen LogP contribution >= 0.6 is 0 Å². The lowest BCUT2D eigenvalue weighted by molar-refractivity contribution is -0.274. The van der Waals surface area contributed by atoms with E-state index in [4.69, 9.17) is 10.5 Å². The summed E-state index contributed by atoms with van der Waals surface area (Å²) in [5.74, 6) is 0.292. The topological polar surface area (TPSA) is 44.5 Å². The van der Waals surface area contributed by atoms with E-state index in [1.807, 2.05) is 0 Å². The highest BCUT2D eigenvalue weighted by molar-refractivity contribution is 5.31. The Balaban J connectivity index is 1.85. The Morgan fingerprint density at radius 1 is 1.11 bits per heavy atom. The number of hydrogen-bond acceptors (Lipinski definition) is 3. The molecule has 1 saturated carbocycles. The molecule has 0 bridgehead atoms. The maximum absolute atomic E-state index is 12.0. The maximum atomic E-state index is 12.0. The first-order chi connectivity index (χ1) is 8.92. The lowest BCUT2D eigenvalue weighted by Gasteiger charge is -2.15. The molecule has 6 heteroatoms. The first-order valence-corrected chi connectivity index (χ1v) is 6.11. The molecule has 1 fully saturated rings. The molecule has 2 N–H and O–H groups in total. The van der Waals surface area contributed by atoms with E-state index in [0.29, 0.717) is 18.9 Å². The normalized spacial score (nSPS) is 17.1. The van der Waals surface area contributed by atoms with Crippen molar-refractivity contribution in [2.75, 3.05) is 13.2 Å². The van der Waals surface area contributed by atoms with Crippen molar-refractivity contribution in [1.82, 2.24) is 0 Å². The summed E-state index contributed by atoms with van der Waals surface area (Å²) in [6, 6.07) is 5.43. The summed E-state index contributed by atoms with van der Waals surface area (Å²) in [5, 5.41) is 0. The molecule has 0 unspecified atom stereocenters. The van der Waals surface area contributed by atoms with Crippen molar-refractivity contribution in [3.05, 3.63) is 24.3 Å². The highest BCUT2D eigenvalue weighted by atomic mass is 19.4. The van der Waals surface area contributed by atoms with E-state index < -0.39 is 6.36 Å². The maximum Gasteiger partial charge on any atom is 0.573 e. The zero-order chi connectivity index (χ0) is 13.9. The molecule has 0 saturated heterocycles. The Hall–Kier alpha value is -1.43. The van der Waals surface area contributed by atoms with E-state index in [1.54, 1.807) is 0 Å². The molecule has 1 aromatic carbocycles. The Morgan fingerprint density at radius 2 is 1.68 bits per heavy atom. The van der Waals surface area contributed by atoms with E-state index in [-0.39, 0.29) is 11.2 Å². The van der Waals surface area contributed by atoms with Crippen LogP contribution in [0.4, 0.5) is 13.2 Å². The summed E-state index contributed by atoms with van der Waals surface area (Å²) < 4.78 is 45.3. The van der Waals surface area contributed by atoms with Crippen molar-refractivity contribution < 1.29 is 22.6 Å². The van der Waals surface area contributed by atoms with Gasteiger partial charge in [0.15, 0.2) is 0 Å². The van der Waals surface area contributed by atoms with E-state index in [9.17, 15) is 13.2 Å². The van der Waals surface area contributed by atoms with Gasteiger partial charge in [0, 0.05) is 5.41 Å². The largest absolute Gasteiger partial charge is 0.573 e. The van der Waals surface area contributed by atoms with Crippen LogP contribution in [-0.4, -0.2) is 19.5 Å². The third kappa shape index (κ3) is 4.31. The minimum Gasteiger partial charge on any atom is -0.493 e. The van der Waals surface area contributed by atoms with Gasteiger partial charge in [0.2, 0.25) is 0 Å². The minimum absolute atomic E-state index is 0.176. The molecule has 1 aliphatic carbocycles. The second kappa shape index (κ2) is 5.28. The summed E-state index contributed by atoms with van der Waals surface area (Å²) in [4.78, 5) is 0. The smallest absolute Gasteiger partial charge is 0.493 e. The van der Waals surface area contributed by atoms with E-state index in [1.165, 1.54) is 24.3 Å². The number of ether oxygens (including phenoxy) is 2. The first kappa shape index (κ1) is 14.0. The molecule has 1 aromatic rings. The molecule has 3 nitrogen and oxygen atoms in total. The van der Waals surface area contributed by atoms with Crippen LogP contribution in [0.15, 0.2) is 24.3 Å². The predicted molar refractivity (Wildman–Crippen MR) is 64.0 cm³/mol. The average molecular weight is 275 g/mol. The second-order valence-electron chi connectivity index (χ2n) is 4.85. The monoisotopic (exact) mass is 275 g/mol. The Labute approximate surface area is 109 Å². The van der Waals surface area contributed by atoms with Gasteiger partial charge in [-0.3, -0.25) is 0 Å². The van der Waals surface area contributed by atoms with Gasteiger partial charge in [-0.2, -0.15) is 0 Å². The molecule has 1 aliphatic rings. The summed E-state index contributed by atoms with van der Waals surface area (Å²) in [7, 11) is 0. The number of nitrogens with two attached hydrogens (primary N) is 1. The second-order valence-corrected chi connectivity index (χ2v) is 4.85. The molecule has 2 rings (SSSR count). The number of hydrogen-bond donors (Lipinski definition) is 1. The molecular weight excluding hydrogens is 259 g/mol. The standard InChI is InChI=1S/C13H16F3NO2/c14-13(15,16)19-11-3-1-10(2-4-11)18-9-12(5-6-12)7-8-17/h1-4H,5-9,17H2. The van der Waals surface area contributed by atoms with Crippen molar-refractivity contribution in [1.29, 1.82) is 0 Å². The lowest BCUT2D eigenvalue weighted by Crippen LogP contribution is -2.18. The third-order valence-corrected chi connectivity index (χ3v) is 3.23. The molecule has 0 atom stereocenters. The Morgan fingerprint density at radius 3 is 2.16 bits per heavy atom. The van der Waals surface area contributed by atoms with Gasteiger partial charge in [-0.05, 0) is 50.1 Å². The van der Waals surface area contributed by atoms with Crippen LogP contribution < -0.4 is 15.2 Å². The minimum atomic E-state index is -4.67. The Bertz CT molecular complexity index is 413. The molecular formula is C13H16F3NO2. The zero-order valence-corrected chi connectivity index (χ0v) is 10.4. The van der Waals surface area contributed by atoms with Crippen molar-refractivity contribution in [3.63, 3.8) is 0 Å². The summed E-state index contributed by atoms with van der Waals surface area (Å²) in [6.45, 7) is 1.19. The van der Waals surface area contributed by atoms with Gasteiger partial charge >= 0.3 is 6.36 Å². The number of alkyl halides is 3. The van der Waals surface area contributed by atoms with E-state index in [2.05, 4.69) is 4.74 Å². The summed E-state index contributed by atoms with van der Waals surface area (Å²) in [5.41, 5.74) is 5.70. The van der Waals surface area contributed by atoms with Crippen LogP contribution in [0.2, 0.25) is 0 Å². The van der Waals surface area contributed by atoms with E-state index >= 15 is 0 Å². The lowest BCUT2D eigenvalue weighted by atomic mass is 10.0. The number of halogens is 3. The van der Waals surface area contributed by atoms with E-state index in [0.717, 1.165) is 19.3 Å². The van der Waals surface area contributed by atoms with Crippen molar-refractivity contribution >= 4 is 0 Å². The van der Waals surface area contributed by atoms with Gasteiger partial charge in [-0.25, -0.2) is 0 Å². The molecule has 0 heterocycles. The fraction of sp³-hybridized carbons (Fsp3) is 0.538. The fourth-order valence-corrected chi connectivity index (χ4v) is 1.92. The van der Waals surface area contributed by atoms with Gasteiger partial charge in [0.25, 0.3) is 0 Å². The molecule has 0 spiro atoms. The molecule has 0 aliphatic heterocycles. The quantitative estimate of drug-likeness (QED) is 0.867. The van der Waals surface area contributed by atoms with Gasteiger partial charge in [-0.15, -0.1) is 13.2 Å². The van der Waals surface area contributed by atoms with Gasteiger partial charge < -0.3 is 15.2 Å². The molecule has 0 aromatic heterocycles. The van der Waals surface area contributed by atoms with Crippen molar-refractivity contribution in [3.8, 4) is 11.5 Å². The van der Waals surface area contributed by atoms with Gasteiger partial charge in [0.1, 0.15) is 11.5 Å². The predicted octanol–water partition coefficient (Wildman–Crippen LogP) is 3.09. The van der Waals surface area contributed by atoms with Crippen molar-refractivity contribution in [2.45, 2.75) is 25.6 Å². The first-order valence-electron chi connectivity index (χ1n) is 6.11. The summed E-state index contributed by atoms with van der Waals surface area (Å²) in [6.07, 6.45) is -1.55. The van der Waals surface area contributed by atoms with Crippen LogP contribution in [0.3, 0.4) is 0 Å². The molecule has 0 amide bonds. The molecule has 19 heavy (non-hydrogen) atoms. The van der Waals surface area contributed by atoms with Crippen LogP contribution in [0.25, 0.3) is 0 Å². The highest BCUT2D eigenvalue weighted by Crippen LogP contribution is 2.48. The highest BCUT2D eigenvalue weighted by Gasteiger charge is 2.42. The van der Waals surface area contributed by atoms with Crippen LogP contribution in [0.1, 0.15) is 19.3 Å². The fourth-order valence-electron chi connectivity index (χ4n) is 1.92. The SMILES string of the molecule is NCCC1(COc2ccc(OC(F)(F)F)cc2)CC1. The number of benzene rings is 1.